The van der Waals surface area contributed by atoms with Gasteiger partial charge in [-0.25, -0.2) is 4.79 Å². The molecule has 0 spiro atoms. The minimum absolute atomic E-state index is 0.211. The van der Waals surface area contributed by atoms with Crippen LogP contribution in [0.2, 0.25) is 0 Å². The third-order valence-electron chi connectivity index (χ3n) is 1.56. The molecule has 0 rings (SSSR count). The number of nitrogens with one attached hydrogen (secondary N) is 1. The van der Waals surface area contributed by atoms with E-state index in [4.69, 9.17) is 4.74 Å². The standard InChI is InChI=1S/C10H19NO2/c1-5-6-11-9(4)7-13-10(12)8(2)3/h9,11H,2,5-7H2,1,3-4H3. The number of ether oxygens (including phenoxy) is 1. The van der Waals surface area contributed by atoms with Crippen molar-refractivity contribution in [3.63, 3.8) is 0 Å². The van der Waals surface area contributed by atoms with Crippen molar-refractivity contribution in [2.24, 2.45) is 0 Å². The maximum Gasteiger partial charge on any atom is 0.333 e. The van der Waals surface area contributed by atoms with Crippen LogP contribution in [0.15, 0.2) is 12.2 Å². The zero-order valence-corrected chi connectivity index (χ0v) is 8.72. The highest BCUT2D eigenvalue weighted by Crippen LogP contribution is 1.93. The normalized spacial score (nSPS) is 12.2. The molecule has 0 aliphatic carbocycles. The van der Waals surface area contributed by atoms with Gasteiger partial charge >= 0.3 is 5.97 Å². The highest BCUT2D eigenvalue weighted by atomic mass is 16.5. The van der Waals surface area contributed by atoms with E-state index in [0.717, 1.165) is 13.0 Å². The number of carbonyl (C=O) groups is 1. The Labute approximate surface area is 80.2 Å². The van der Waals surface area contributed by atoms with Crippen LogP contribution in [-0.2, 0) is 9.53 Å². The molecule has 0 aliphatic rings. The van der Waals surface area contributed by atoms with Crippen LogP contribution in [0.3, 0.4) is 0 Å². The molecule has 76 valence electrons. The minimum Gasteiger partial charge on any atom is -0.461 e. The molecule has 0 radical (unpaired) electrons. The van der Waals surface area contributed by atoms with Crippen LogP contribution in [0.25, 0.3) is 0 Å². The van der Waals surface area contributed by atoms with E-state index >= 15 is 0 Å². The van der Waals surface area contributed by atoms with Crippen LogP contribution < -0.4 is 5.32 Å². The van der Waals surface area contributed by atoms with E-state index < -0.39 is 0 Å². The first-order valence-electron chi connectivity index (χ1n) is 4.64. The highest BCUT2D eigenvalue weighted by molar-refractivity contribution is 5.86. The summed E-state index contributed by atoms with van der Waals surface area (Å²) in [5, 5.41) is 3.22. The summed E-state index contributed by atoms with van der Waals surface area (Å²) < 4.78 is 4.96. The molecule has 0 bridgehead atoms. The smallest absolute Gasteiger partial charge is 0.333 e. The fraction of sp³-hybridized carbons (Fsp3) is 0.700. The fourth-order valence-electron chi connectivity index (χ4n) is 0.774. The molecule has 0 saturated carbocycles. The molecule has 0 amide bonds. The Morgan fingerprint density at radius 3 is 2.69 bits per heavy atom. The van der Waals surface area contributed by atoms with Crippen LogP contribution >= 0.6 is 0 Å². The number of carbonyl (C=O) groups excluding carboxylic acids is 1. The summed E-state index contributed by atoms with van der Waals surface area (Å²) in [5.41, 5.74) is 0.447. The lowest BCUT2D eigenvalue weighted by Gasteiger charge is -2.13. The van der Waals surface area contributed by atoms with E-state index in [1.165, 1.54) is 0 Å². The first-order valence-corrected chi connectivity index (χ1v) is 4.64. The van der Waals surface area contributed by atoms with Gasteiger partial charge in [0.15, 0.2) is 0 Å². The summed E-state index contributed by atoms with van der Waals surface area (Å²) in [4.78, 5) is 11.0. The lowest BCUT2D eigenvalue weighted by molar-refractivity contribution is -0.139. The average molecular weight is 185 g/mol. The Bertz CT molecular complexity index is 178. The number of esters is 1. The lowest BCUT2D eigenvalue weighted by Crippen LogP contribution is -2.32. The molecule has 0 aromatic heterocycles. The minimum atomic E-state index is -0.315. The molecular weight excluding hydrogens is 166 g/mol. The Morgan fingerprint density at radius 1 is 1.62 bits per heavy atom. The number of hydrogen-bond donors (Lipinski definition) is 1. The molecule has 0 aromatic carbocycles. The Morgan fingerprint density at radius 2 is 2.23 bits per heavy atom. The predicted molar refractivity (Wildman–Crippen MR) is 53.5 cm³/mol. The summed E-state index contributed by atoms with van der Waals surface area (Å²) >= 11 is 0. The molecule has 13 heavy (non-hydrogen) atoms. The Balaban J connectivity index is 3.51. The van der Waals surface area contributed by atoms with Gasteiger partial charge in [0.2, 0.25) is 0 Å². The summed E-state index contributed by atoms with van der Waals surface area (Å²) in [7, 11) is 0. The van der Waals surface area contributed by atoms with Crippen LogP contribution in [-0.4, -0.2) is 25.2 Å². The van der Waals surface area contributed by atoms with Gasteiger partial charge < -0.3 is 10.1 Å². The second kappa shape index (κ2) is 6.66. The molecule has 3 heteroatoms. The first kappa shape index (κ1) is 12.2. The van der Waals surface area contributed by atoms with Gasteiger partial charge in [0.25, 0.3) is 0 Å². The molecule has 1 N–H and O–H groups in total. The van der Waals surface area contributed by atoms with Gasteiger partial charge in [-0.15, -0.1) is 0 Å². The van der Waals surface area contributed by atoms with Crippen LogP contribution in [0.5, 0.6) is 0 Å². The zero-order valence-electron chi connectivity index (χ0n) is 8.72. The van der Waals surface area contributed by atoms with E-state index in [9.17, 15) is 4.79 Å². The quantitative estimate of drug-likeness (QED) is 0.503. The van der Waals surface area contributed by atoms with Crippen LogP contribution in [0.4, 0.5) is 0 Å². The van der Waals surface area contributed by atoms with E-state index in [1.54, 1.807) is 6.92 Å². The molecule has 0 aromatic rings. The molecule has 0 saturated heterocycles. The van der Waals surface area contributed by atoms with Crippen molar-refractivity contribution in [3.8, 4) is 0 Å². The van der Waals surface area contributed by atoms with Crippen molar-refractivity contribution in [2.75, 3.05) is 13.2 Å². The summed E-state index contributed by atoms with van der Waals surface area (Å²) in [6, 6.07) is 0.211. The van der Waals surface area contributed by atoms with Gasteiger partial charge in [-0.1, -0.05) is 13.5 Å². The summed E-state index contributed by atoms with van der Waals surface area (Å²) in [6.45, 7) is 10.6. The van der Waals surface area contributed by atoms with Crippen molar-refractivity contribution in [1.82, 2.24) is 5.32 Å². The average Bonchev–Trinajstić information content (AvgIpc) is 2.10. The maximum absolute atomic E-state index is 11.0. The zero-order chi connectivity index (χ0) is 10.3. The van der Waals surface area contributed by atoms with Crippen LogP contribution in [0.1, 0.15) is 27.2 Å². The van der Waals surface area contributed by atoms with Crippen molar-refractivity contribution in [2.45, 2.75) is 33.2 Å². The highest BCUT2D eigenvalue weighted by Gasteiger charge is 2.06. The maximum atomic E-state index is 11.0. The van der Waals surface area contributed by atoms with Crippen molar-refractivity contribution >= 4 is 5.97 Å². The molecule has 1 unspecified atom stereocenters. The molecule has 0 fully saturated rings. The molecule has 0 heterocycles. The van der Waals surface area contributed by atoms with Crippen LogP contribution in [0, 0.1) is 0 Å². The van der Waals surface area contributed by atoms with E-state index in [2.05, 4.69) is 18.8 Å². The van der Waals surface area contributed by atoms with E-state index in [-0.39, 0.29) is 12.0 Å². The number of rotatable bonds is 6. The van der Waals surface area contributed by atoms with E-state index in [1.807, 2.05) is 6.92 Å². The second-order valence-electron chi connectivity index (χ2n) is 3.23. The monoisotopic (exact) mass is 185 g/mol. The van der Waals surface area contributed by atoms with Gasteiger partial charge in [0, 0.05) is 11.6 Å². The van der Waals surface area contributed by atoms with Gasteiger partial charge in [-0.05, 0) is 26.8 Å². The Hall–Kier alpha value is -0.830. The predicted octanol–water partition coefficient (Wildman–Crippen LogP) is 1.49. The third kappa shape index (κ3) is 6.34. The third-order valence-corrected chi connectivity index (χ3v) is 1.56. The van der Waals surface area contributed by atoms with Gasteiger partial charge in [-0.2, -0.15) is 0 Å². The first-order chi connectivity index (χ1) is 6.07. The largest absolute Gasteiger partial charge is 0.461 e. The summed E-state index contributed by atoms with van der Waals surface area (Å²) in [5.74, 6) is -0.315. The Kier molecular flexibility index (Phi) is 6.24. The molecular formula is C10H19NO2. The van der Waals surface area contributed by atoms with Gasteiger partial charge in [-0.3, -0.25) is 0 Å². The topological polar surface area (TPSA) is 38.3 Å². The molecule has 3 nitrogen and oxygen atoms in total. The van der Waals surface area contributed by atoms with Gasteiger partial charge in [0.05, 0.1) is 0 Å². The van der Waals surface area contributed by atoms with Crippen molar-refractivity contribution in [3.05, 3.63) is 12.2 Å². The lowest BCUT2D eigenvalue weighted by atomic mass is 10.3. The summed E-state index contributed by atoms with van der Waals surface area (Å²) in [6.07, 6.45) is 1.08. The van der Waals surface area contributed by atoms with Gasteiger partial charge in [0.1, 0.15) is 6.61 Å². The number of hydrogen-bond acceptors (Lipinski definition) is 3. The second-order valence-corrected chi connectivity index (χ2v) is 3.23. The molecule has 0 aliphatic heterocycles. The SMILES string of the molecule is C=C(C)C(=O)OCC(C)NCCC. The van der Waals surface area contributed by atoms with Crippen molar-refractivity contribution < 1.29 is 9.53 Å². The molecule has 1 atom stereocenters. The van der Waals surface area contributed by atoms with E-state index in [0.29, 0.717) is 12.2 Å². The van der Waals surface area contributed by atoms with Crippen molar-refractivity contribution in [1.29, 1.82) is 0 Å². The fourth-order valence-corrected chi connectivity index (χ4v) is 0.774.